The van der Waals surface area contributed by atoms with Crippen LogP contribution in [0.25, 0.3) is 10.9 Å². The second-order valence-corrected chi connectivity index (χ2v) is 6.75. The average molecular weight is 355 g/mol. The van der Waals surface area contributed by atoms with E-state index in [1.165, 1.54) is 15.0 Å². The van der Waals surface area contributed by atoms with Crippen molar-refractivity contribution < 1.29 is 10.0 Å². The Kier molecular flexibility index (Phi) is 3.96. The average Bonchev–Trinajstić information content (AvgIpc) is 3.00. The fourth-order valence-corrected chi connectivity index (χ4v) is 4.23. The summed E-state index contributed by atoms with van der Waals surface area (Å²) in [5, 5.41) is 11.9. The van der Waals surface area contributed by atoms with Crippen molar-refractivity contribution in [3.05, 3.63) is 61.9 Å². The SMILES string of the molecule is CCn1c(O)c([C@@H]2c3[nH]c4ccccc4c3CC[NH+]2CC)c(=O)[nH]c1=O. The van der Waals surface area contributed by atoms with Gasteiger partial charge in [-0.3, -0.25) is 14.3 Å². The topological polar surface area (TPSA) is 95.3 Å². The van der Waals surface area contributed by atoms with E-state index in [1.807, 2.05) is 18.2 Å². The summed E-state index contributed by atoms with van der Waals surface area (Å²) in [6.07, 6.45) is 0.908. The molecule has 3 aromatic rings. The Morgan fingerprint density at radius 3 is 2.73 bits per heavy atom. The van der Waals surface area contributed by atoms with Gasteiger partial charge in [0, 0.05) is 23.9 Å². The first-order valence-corrected chi connectivity index (χ1v) is 9.06. The van der Waals surface area contributed by atoms with Crippen molar-refractivity contribution in [3.63, 3.8) is 0 Å². The third-order valence-electron chi connectivity index (χ3n) is 5.51. The largest absolute Gasteiger partial charge is 0.494 e. The van der Waals surface area contributed by atoms with Crippen molar-refractivity contribution >= 4 is 10.9 Å². The summed E-state index contributed by atoms with van der Waals surface area (Å²) in [6, 6.07) is 7.75. The Morgan fingerprint density at radius 1 is 1.23 bits per heavy atom. The lowest BCUT2D eigenvalue weighted by molar-refractivity contribution is -0.926. The number of aromatic hydroxyl groups is 1. The van der Waals surface area contributed by atoms with Crippen LogP contribution in [-0.2, 0) is 13.0 Å². The van der Waals surface area contributed by atoms with Gasteiger partial charge in [0.05, 0.1) is 18.8 Å². The van der Waals surface area contributed by atoms with Crippen molar-refractivity contribution in [3.8, 4) is 5.88 Å². The number of H-pyrrole nitrogens is 2. The number of fused-ring (bicyclic) bond motifs is 3. The lowest BCUT2D eigenvalue weighted by atomic mass is 9.93. The molecular formula is C19H23N4O3+. The molecular weight excluding hydrogens is 332 g/mol. The third-order valence-corrected chi connectivity index (χ3v) is 5.51. The zero-order valence-corrected chi connectivity index (χ0v) is 14.9. The van der Waals surface area contributed by atoms with Gasteiger partial charge in [0.25, 0.3) is 5.56 Å². The van der Waals surface area contributed by atoms with Crippen molar-refractivity contribution in [2.24, 2.45) is 0 Å². The Bertz CT molecular complexity index is 1090. The van der Waals surface area contributed by atoms with Gasteiger partial charge in [0.1, 0.15) is 5.56 Å². The molecule has 1 unspecified atom stereocenters. The van der Waals surface area contributed by atoms with E-state index in [-0.39, 0.29) is 17.5 Å². The minimum Gasteiger partial charge on any atom is -0.494 e. The number of nitrogens with one attached hydrogen (secondary N) is 3. The van der Waals surface area contributed by atoms with Crippen LogP contribution in [0.2, 0.25) is 0 Å². The predicted octanol–water partition coefficient (Wildman–Crippen LogP) is 0.294. The molecule has 1 aliphatic rings. The second kappa shape index (κ2) is 6.17. The highest BCUT2D eigenvalue weighted by molar-refractivity contribution is 5.85. The first-order chi connectivity index (χ1) is 12.6. The molecule has 0 amide bonds. The first-order valence-electron chi connectivity index (χ1n) is 9.06. The van der Waals surface area contributed by atoms with Crippen LogP contribution in [0.15, 0.2) is 33.9 Å². The number of hydrogen-bond acceptors (Lipinski definition) is 3. The van der Waals surface area contributed by atoms with Crippen molar-refractivity contribution in [1.82, 2.24) is 14.5 Å². The maximum atomic E-state index is 12.7. The van der Waals surface area contributed by atoms with E-state index in [4.69, 9.17) is 0 Å². The van der Waals surface area contributed by atoms with Crippen LogP contribution in [0.4, 0.5) is 0 Å². The smallest absolute Gasteiger partial charge is 0.331 e. The second-order valence-electron chi connectivity index (χ2n) is 6.75. The fraction of sp³-hybridized carbons (Fsp3) is 0.368. The van der Waals surface area contributed by atoms with Crippen molar-refractivity contribution in [1.29, 1.82) is 0 Å². The van der Waals surface area contributed by atoms with E-state index in [2.05, 4.69) is 23.0 Å². The number of likely N-dealkylation sites (N-methyl/N-ethyl adjacent to an activating group) is 1. The van der Waals surface area contributed by atoms with Crippen LogP contribution < -0.4 is 16.1 Å². The number of quaternary nitrogens is 1. The lowest BCUT2D eigenvalue weighted by Gasteiger charge is -2.32. The number of aromatic amines is 2. The van der Waals surface area contributed by atoms with E-state index >= 15 is 0 Å². The Hall–Kier alpha value is -2.80. The summed E-state index contributed by atoms with van der Waals surface area (Å²) in [7, 11) is 0. The van der Waals surface area contributed by atoms with Gasteiger partial charge in [-0.05, 0) is 25.5 Å². The van der Waals surface area contributed by atoms with Crippen molar-refractivity contribution in [2.45, 2.75) is 32.9 Å². The summed E-state index contributed by atoms with van der Waals surface area (Å²) in [4.78, 5) is 31.7. The van der Waals surface area contributed by atoms with E-state index in [0.29, 0.717) is 6.54 Å². The molecule has 4 N–H and O–H groups in total. The highest BCUT2D eigenvalue weighted by Gasteiger charge is 2.38. The molecule has 136 valence electrons. The van der Waals surface area contributed by atoms with Gasteiger partial charge in [-0.25, -0.2) is 4.79 Å². The molecule has 7 nitrogen and oxygen atoms in total. The molecule has 0 spiro atoms. The normalized spacial score (nSPS) is 19.6. The Morgan fingerprint density at radius 2 is 2.00 bits per heavy atom. The molecule has 2 aromatic heterocycles. The van der Waals surface area contributed by atoms with E-state index in [9.17, 15) is 14.7 Å². The number of rotatable bonds is 3. The Labute approximate surface area is 149 Å². The summed E-state index contributed by atoms with van der Waals surface area (Å²) < 4.78 is 1.21. The van der Waals surface area contributed by atoms with Gasteiger partial charge in [0.15, 0.2) is 6.04 Å². The van der Waals surface area contributed by atoms with E-state index < -0.39 is 11.2 Å². The number of benzene rings is 1. The molecule has 0 aliphatic carbocycles. The molecule has 0 bridgehead atoms. The highest BCUT2D eigenvalue weighted by Crippen LogP contribution is 2.32. The highest BCUT2D eigenvalue weighted by atomic mass is 16.3. The summed E-state index contributed by atoms with van der Waals surface area (Å²) in [6.45, 7) is 5.80. The van der Waals surface area contributed by atoms with Crippen LogP contribution in [0.3, 0.4) is 0 Å². The summed E-state index contributed by atoms with van der Waals surface area (Å²) in [5.74, 6) is -0.233. The monoisotopic (exact) mass is 355 g/mol. The molecule has 1 aromatic carbocycles. The molecule has 2 atom stereocenters. The van der Waals surface area contributed by atoms with Crippen LogP contribution in [-0.4, -0.2) is 32.7 Å². The molecule has 0 radical (unpaired) electrons. The molecule has 0 saturated carbocycles. The van der Waals surface area contributed by atoms with Gasteiger partial charge in [-0.2, -0.15) is 0 Å². The minimum atomic E-state index is -0.579. The zero-order chi connectivity index (χ0) is 18.4. The Balaban J connectivity index is 2.02. The predicted molar refractivity (Wildman–Crippen MR) is 98.9 cm³/mol. The maximum absolute atomic E-state index is 12.7. The number of hydrogen-bond donors (Lipinski definition) is 4. The maximum Gasteiger partial charge on any atom is 0.331 e. The quantitative estimate of drug-likeness (QED) is 0.544. The zero-order valence-electron chi connectivity index (χ0n) is 14.9. The summed E-state index contributed by atoms with van der Waals surface area (Å²) >= 11 is 0. The van der Waals surface area contributed by atoms with Gasteiger partial charge < -0.3 is 15.0 Å². The van der Waals surface area contributed by atoms with Gasteiger partial charge in [-0.1, -0.05) is 18.2 Å². The molecule has 0 saturated heterocycles. The van der Waals surface area contributed by atoms with Gasteiger partial charge in [-0.15, -0.1) is 0 Å². The molecule has 26 heavy (non-hydrogen) atoms. The lowest BCUT2D eigenvalue weighted by Crippen LogP contribution is -3.13. The molecule has 1 aliphatic heterocycles. The van der Waals surface area contributed by atoms with Gasteiger partial charge >= 0.3 is 5.69 Å². The first kappa shape index (κ1) is 16.7. The number of para-hydroxylation sites is 1. The van der Waals surface area contributed by atoms with Gasteiger partial charge in [0.2, 0.25) is 5.88 Å². The van der Waals surface area contributed by atoms with Crippen LogP contribution in [0, 0.1) is 0 Å². The standard InChI is InChI=1S/C19H22N4O3/c1-3-22-10-9-12-11-7-5-6-8-13(11)20-15(12)16(22)14-17(24)21-19(26)23(4-2)18(14)25/h5-8,16,20,25H,3-4,9-10H2,1-2H3,(H,21,24,26)/p+1/t16-/m1/s1. The fourth-order valence-electron chi connectivity index (χ4n) is 4.23. The summed E-state index contributed by atoms with van der Waals surface area (Å²) in [5.41, 5.74) is 2.34. The molecule has 0 fully saturated rings. The number of nitrogens with zero attached hydrogens (tertiary/aromatic N) is 1. The minimum absolute atomic E-state index is 0.233. The molecule has 7 heteroatoms. The van der Waals surface area contributed by atoms with E-state index in [1.54, 1.807) is 6.92 Å². The molecule has 4 rings (SSSR count). The van der Waals surface area contributed by atoms with E-state index in [0.717, 1.165) is 36.1 Å². The number of aromatic nitrogens is 3. The van der Waals surface area contributed by atoms with Crippen LogP contribution in [0.1, 0.15) is 36.7 Å². The molecule has 3 heterocycles. The van der Waals surface area contributed by atoms with Crippen LogP contribution in [0.5, 0.6) is 5.88 Å². The van der Waals surface area contributed by atoms with Crippen LogP contribution >= 0.6 is 0 Å². The van der Waals surface area contributed by atoms with Crippen molar-refractivity contribution in [2.75, 3.05) is 13.1 Å². The third kappa shape index (κ3) is 2.31.